The number of hydrogen-bond acceptors (Lipinski definition) is 3. The van der Waals surface area contributed by atoms with Crippen LogP contribution < -0.4 is 5.32 Å². The molecule has 0 radical (unpaired) electrons. The van der Waals surface area contributed by atoms with Crippen LogP contribution in [0.2, 0.25) is 0 Å². The predicted molar refractivity (Wildman–Crippen MR) is 62.2 cm³/mol. The zero-order valence-electron chi connectivity index (χ0n) is 9.22. The summed E-state index contributed by atoms with van der Waals surface area (Å²) in [6, 6.07) is 9.29. The monoisotopic (exact) mass is 231 g/mol. The van der Waals surface area contributed by atoms with Gasteiger partial charge in [0.05, 0.1) is 6.04 Å². The molecule has 88 valence electrons. The molecule has 4 heteroatoms. The molecule has 2 rings (SSSR count). The summed E-state index contributed by atoms with van der Waals surface area (Å²) in [6.07, 6.45) is -0.814. The van der Waals surface area contributed by atoms with Crippen LogP contribution in [0.25, 0.3) is 0 Å². The number of hydrogen-bond donors (Lipinski definition) is 2. The molecule has 17 heavy (non-hydrogen) atoms. The second kappa shape index (κ2) is 5.37. The van der Waals surface area contributed by atoms with E-state index in [1.54, 1.807) is 0 Å². The van der Waals surface area contributed by atoms with E-state index in [-0.39, 0.29) is 6.04 Å². The first-order chi connectivity index (χ1) is 8.24. The highest BCUT2D eigenvalue weighted by Gasteiger charge is 2.23. The smallest absolute Gasteiger partial charge is 0.407 e. The van der Waals surface area contributed by atoms with Gasteiger partial charge in [-0.3, -0.25) is 0 Å². The van der Waals surface area contributed by atoms with Crippen LogP contribution in [-0.4, -0.2) is 30.0 Å². The molecule has 1 saturated heterocycles. The van der Waals surface area contributed by atoms with Gasteiger partial charge in [0.25, 0.3) is 0 Å². The van der Waals surface area contributed by atoms with Gasteiger partial charge in [-0.1, -0.05) is 30.0 Å². The van der Waals surface area contributed by atoms with Gasteiger partial charge in [-0.25, -0.2) is 4.79 Å². The van der Waals surface area contributed by atoms with E-state index in [1.165, 1.54) is 0 Å². The number of ether oxygens (including phenoxy) is 1. The summed E-state index contributed by atoms with van der Waals surface area (Å²) in [6.45, 7) is 0.295. The Bertz CT molecular complexity index is 447. The standard InChI is InChI=1S/C13H13NO3/c15-12(8-11-9-17-13(16)14-11)7-6-10-4-2-1-3-5-10/h1-5,11-12,15H,8-9H2,(H,14,16)/t11-,12?/m1/s1. The van der Waals surface area contributed by atoms with Crippen LogP contribution in [0.15, 0.2) is 30.3 Å². The van der Waals surface area contributed by atoms with E-state index in [1.807, 2.05) is 30.3 Å². The third-order valence-electron chi connectivity index (χ3n) is 2.40. The highest BCUT2D eigenvalue weighted by atomic mass is 16.6. The van der Waals surface area contributed by atoms with E-state index >= 15 is 0 Å². The quantitative estimate of drug-likeness (QED) is 0.743. The highest BCUT2D eigenvalue weighted by molar-refractivity contribution is 5.69. The predicted octanol–water partition coefficient (Wildman–Crippen LogP) is 0.898. The fourth-order valence-electron chi connectivity index (χ4n) is 1.57. The van der Waals surface area contributed by atoms with Crippen molar-refractivity contribution < 1.29 is 14.6 Å². The lowest BCUT2D eigenvalue weighted by Gasteiger charge is -2.07. The number of aliphatic hydroxyl groups excluding tert-OH is 1. The number of alkyl carbamates (subject to hydrolysis) is 1. The first kappa shape index (κ1) is 11.5. The van der Waals surface area contributed by atoms with Gasteiger partial charge in [-0.05, 0) is 12.1 Å². The summed E-state index contributed by atoms with van der Waals surface area (Å²) in [7, 11) is 0. The third-order valence-corrected chi connectivity index (χ3v) is 2.40. The van der Waals surface area contributed by atoms with Crippen LogP contribution in [-0.2, 0) is 4.74 Å². The summed E-state index contributed by atoms with van der Waals surface area (Å²) in [5, 5.41) is 12.3. The summed E-state index contributed by atoms with van der Waals surface area (Å²) < 4.78 is 4.72. The van der Waals surface area contributed by atoms with E-state index in [9.17, 15) is 9.90 Å². The molecule has 2 atom stereocenters. The minimum Gasteiger partial charge on any atom is -0.447 e. The molecule has 1 amide bonds. The van der Waals surface area contributed by atoms with Crippen molar-refractivity contribution in [3.05, 3.63) is 35.9 Å². The lowest BCUT2D eigenvalue weighted by molar-refractivity contribution is 0.172. The van der Waals surface area contributed by atoms with E-state index < -0.39 is 12.2 Å². The number of carbonyl (C=O) groups excluding carboxylic acids is 1. The van der Waals surface area contributed by atoms with Crippen LogP contribution in [0, 0.1) is 11.8 Å². The molecule has 0 bridgehead atoms. The summed E-state index contributed by atoms with van der Waals surface area (Å²) >= 11 is 0. The molecule has 1 aliphatic rings. The Morgan fingerprint density at radius 2 is 2.24 bits per heavy atom. The average Bonchev–Trinajstić information content (AvgIpc) is 2.73. The number of benzene rings is 1. The molecule has 4 nitrogen and oxygen atoms in total. The molecule has 1 unspecified atom stereocenters. The number of amides is 1. The first-order valence-corrected chi connectivity index (χ1v) is 5.42. The van der Waals surface area contributed by atoms with Gasteiger partial charge in [0.1, 0.15) is 12.7 Å². The zero-order chi connectivity index (χ0) is 12.1. The van der Waals surface area contributed by atoms with Gasteiger partial charge in [-0.2, -0.15) is 0 Å². The van der Waals surface area contributed by atoms with Crippen molar-refractivity contribution in [3.63, 3.8) is 0 Å². The average molecular weight is 231 g/mol. The topological polar surface area (TPSA) is 58.6 Å². The molecule has 0 saturated carbocycles. The zero-order valence-corrected chi connectivity index (χ0v) is 9.22. The molecule has 1 aliphatic heterocycles. The number of rotatable bonds is 2. The molecule has 1 fully saturated rings. The first-order valence-electron chi connectivity index (χ1n) is 5.42. The van der Waals surface area contributed by atoms with Crippen molar-refractivity contribution in [1.82, 2.24) is 5.32 Å². The van der Waals surface area contributed by atoms with Crippen LogP contribution in [0.1, 0.15) is 12.0 Å². The number of carbonyl (C=O) groups is 1. The van der Waals surface area contributed by atoms with Gasteiger partial charge in [0.2, 0.25) is 0 Å². The van der Waals surface area contributed by atoms with E-state index in [0.29, 0.717) is 13.0 Å². The number of aliphatic hydroxyl groups is 1. The molecule has 2 N–H and O–H groups in total. The minimum atomic E-state index is -0.762. The van der Waals surface area contributed by atoms with Crippen molar-refractivity contribution in [1.29, 1.82) is 0 Å². The van der Waals surface area contributed by atoms with Crippen LogP contribution >= 0.6 is 0 Å². The van der Waals surface area contributed by atoms with Crippen molar-refractivity contribution in [2.75, 3.05) is 6.61 Å². The lowest BCUT2D eigenvalue weighted by atomic mass is 10.1. The molecule has 1 aromatic carbocycles. The maximum Gasteiger partial charge on any atom is 0.407 e. The Morgan fingerprint density at radius 1 is 1.47 bits per heavy atom. The molecular weight excluding hydrogens is 218 g/mol. The lowest BCUT2D eigenvalue weighted by Crippen LogP contribution is -2.29. The van der Waals surface area contributed by atoms with Crippen molar-refractivity contribution >= 4 is 6.09 Å². The Kier molecular flexibility index (Phi) is 3.63. The number of cyclic esters (lactones) is 1. The second-order valence-electron chi connectivity index (χ2n) is 3.83. The SMILES string of the molecule is O=C1N[C@H](CC(O)C#Cc2ccccc2)CO1. The summed E-state index contributed by atoms with van der Waals surface area (Å²) in [4.78, 5) is 10.8. The van der Waals surface area contributed by atoms with Crippen LogP contribution in [0.5, 0.6) is 0 Å². The molecule has 0 aromatic heterocycles. The molecule has 1 heterocycles. The Hall–Kier alpha value is -1.99. The minimum absolute atomic E-state index is 0.150. The van der Waals surface area contributed by atoms with Gasteiger partial charge in [-0.15, -0.1) is 0 Å². The van der Waals surface area contributed by atoms with Gasteiger partial charge >= 0.3 is 6.09 Å². The van der Waals surface area contributed by atoms with Gasteiger partial charge in [0.15, 0.2) is 0 Å². The summed E-state index contributed by atoms with van der Waals surface area (Å²) in [5.41, 5.74) is 0.859. The Morgan fingerprint density at radius 3 is 2.88 bits per heavy atom. The molecule has 0 aliphatic carbocycles. The van der Waals surface area contributed by atoms with E-state index in [2.05, 4.69) is 17.2 Å². The highest BCUT2D eigenvalue weighted by Crippen LogP contribution is 2.05. The fraction of sp³-hybridized carbons (Fsp3) is 0.308. The molecule has 0 spiro atoms. The van der Waals surface area contributed by atoms with Crippen LogP contribution in [0.4, 0.5) is 4.79 Å². The Labute approximate surface area is 99.6 Å². The second-order valence-corrected chi connectivity index (χ2v) is 3.83. The van der Waals surface area contributed by atoms with Gasteiger partial charge in [0, 0.05) is 12.0 Å². The van der Waals surface area contributed by atoms with Gasteiger partial charge < -0.3 is 15.2 Å². The molecule has 1 aromatic rings. The van der Waals surface area contributed by atoms with Crippen molar-refractivity contribution in [3.8, 4) is 11.8 Å². The van der Waals surface area contributed by atoms with Crippen molar-refractivity contribution in [2.24, 2.45) is 0 Å². The normalized spacial score (nSPS) is 19.8. The maximum atomic E-state index is 10.8. The van der Waals surface area contributed by atoms with Crippen molar-refractivity contribution in [2.45, 2.75) is 18.6 Å². The fourth-order valence-corrected chi connectivity index (χ4v) is 1.57. The van der Waals surface area contributed by atoms with Crippen LogP contribution in [0.3, 0.4) is 0 Å². The van der Waals surface area contributed by atoms with E-state index in [0.717, 1.165) is 5.56 Å². The summed E-state index contributed by atoms with van der Waals surface area (Å²) in [5.74, 6) is 5.62. The Balaban J connectivity index is 1.87. The number of nitrogens with one attached hydrogen (secondary N) is 1. The van der Waals surface area contributed by atoms with E-state index in [4.69, 9.17) is 4.74 Å². The largest absolute Gasteiger partial charge is 0.447 e. The third kappa shape index (κ3) is 3.51. The maximum absolute atomic E-state index is 10.8. The molecular formula is C13H13NO3.